The highest BCUT2D eigenvalue weighted by Crippen LogP contribution is 2.30. The first-order valence-electron chi connectivity index (χ1n) is 8.52. The molecular weight excluding hydrogens is 314 g/mol. The Morgan fingerprint density at radius 1 is 1.20 bits per heavy atom. The Bertz CT molecular complexity index is 870. The first kappa shape index (κ1) is 17.1. The van der Waals surface area contributed by atoms with Gasteiger partial charge in [-0.25, -0.2) is 4.79 Å². The van der Waals surface area contributed by atoms with Crippen LogP contribution in [-0.4, -0.2) is 28.2 Å². The molecule has 2 heterocycles. The quantitative estimate of drug-likeness (QED) is 0.657. The lowest BCUT2D eigenvalue weighted by molar-refractivity contribution is 0.0526. The molecule has 5 nitrogen and oxygen atoms in total. The van der Waals surface area contributed by atoms with E-state index in [1.807, 2.05) is 52.1 Å². The molecule has 1 aromatic carbocycles. The summed E-state index contributed by atoms with van der Waals surface area (Å²) in [6.07, 6.45) is 1.61. The number of carbonyl (C=O) groups excluding carboxylic acids is 1. The second-order valence-electron chi connectivity index (χ2n) is 7.32. The van der Waals surface area contributed by atoms with Crippen LogP contribution in [0.2, 0.25) is 0 Å². The third-order valence-electron chi connectivity index (χ3n) is 4.08. The molecule has 0 aliphatic heterocycles. The van der Waals surface area contributed by atoms with Crippen molar-refractivity contribution in [2.75, 3.05) is 6.54 Å². The zero-order valence-electron chi connectivity index (χ0n) is 15.1. The van der Waals surface area contributed by atoms with E-state index in [9.17, 15) is 4.79 Å². The summed E-state index contributed by atoms with van der Waals surface area (Å²) >= 11 is 0. The number of benzene rings is 1. The molecule has 3 aromatic rings. The lowest BCUT2D eigenvalue weighted by Gasteiger charge is -2.22. The number of para-hydroxylation sites is 1. The number of hydrogen-bond donors (Lipinski definition) is 3. The Balaban J connectivity index is 1.87. The zero-order chi connectivity index (χ0) is 18.0. The van der Waals surface area contributed by atoms with Crippen LogP contribution in [0, 0.1) is 6.92 Å². The molecule has 0 aliphatic carbocycles. The summed E-state index contributed by atoms with van der Waals surface area (Å²) in [6, 6.07) is 12.3. The summed E-state index contributed by atoms with van der Waals surface area (Å²) in [7, 11) is 0. The predicted octanol–water partition coefficient (Wildman–Crippen LogP) is 4.46. The molecule has 25 heavy (non-hydrogen) atoms. The normalized spacial score (nSPS) is 13.0. The predicted molar refractivity (Wildman–Crippen MR) is 99.9 cm³/mol. The summed E-state index contributed by atoms with van der Waals surface area (Å²) in [5, 5.41) is 4.06. The smallest absolute Gasteiger partial charge is 0.407 e. The van der Waals surface area contributed by atoms with Crippen LogP contribution in [0.5, 0.6) is 0 Å². The van der Waals surface area contributed by atoms with E-state index in [2.05, 4.69) is 33.5 Å². The molecule has 0 bridgehead atoms. The Kier molecular flexibility index (Phi) is 4.57. The third-order valence-corrected chi connectivity index (χ3v) is 4.08. The highest BCUT2D eigenvalue weighted by atomic mass is 16.6. The van der Waals surface area contributed by atoms with E-state index in [4.69, 9.17) is 4.74 Å². The molecule has 5 heteroatoms. The van der Waals surface area contributed by atoms with Crippen molar-refractivity contribution in [3.63, 3.8) is 0 Å². The minimum absolute atomic E-state index is 0.0115. The van der Waals surface area contributed by atoms with Gasteiger partial charge in [-0.3, -0.25) is 0 Å². The topological polar surface area (TPSA) is 69.9 Å². The van der Waals surface area contributed by atoms with Gasteiger partial charge >= 0.3 is 6.09 Å². The van der Waals surface area contributed by atoms with Crippen molar-refractivity contribution < 1.29 is 9.53 Å². The second kappa shape index (κ2) is 6.67. The van der Waals surface area contributed by atoms with E-state index in [1.165, 1.54) is 0 Å². The van der Waals surface area contributed by atoms with Crippen LogP contribution >= 0.6 is 0 Å². The van der Waals surface area contributed by atoms with Gasteiger partial charge in [-0.2, -0.15) is 0 Å². The second-order valence-corrected chi connectivity index (χ2v) is 7.32. The largest absolute Gasteiger partial charge is 0.444 e. The number of aromatic amines is 2. The maximum atomic E-state index is 12.1. The van der Waals surface area contributed by atoms with Gasteiger partial charge in [-0.15, -0.1) is 0 Å². The summed E-state index contributed by atoms with van der Waals surface area (Å²) < 4.78 is 5.37. The van der Waals surface area contributed by atoms with Gasteiger partial charge in [-0.1, -0.05) is 18.2 Å². The number of hydrogen-bond acceptors (Lipinski definition) is 2. The van der Waals surface area contributed by atoms with Gasteiger partial charge in [0.1, 0.15) is 5.60 Å². The molecule has 2 aromatic heterocycles. The van der Waals surface area contributed by atoms with Crippen molar-refractivity contribution >= 4 is 17.0 Å². The molecule has 1 atom stereocenters. The van der Waals surface area contributed by atoms with Crippen molar-refractivity contribution in [3.05, 3.63) is 59.5 Å². The molecule has 0 saturated carbocycles. The molecule has 0 saturated heterocycles. The van der Waals surface area contributed by atoms with Crippen molar-refractivity contribution in [2.45, 2.75) is 39.2 Å². The Labute approximate surface area is 147 Å². The monoisotopic (exact) mass is 339 g/mol. The molecule has 1 amide bonds. The zero-order valence-corrected chi connectivity index (χ0v) is 15.1. The first-order chi connectivity index (χ1) is 11.8. The van der Waals surface area contributed by atoms with Gasteiger partial charge in [0.05, 0.1) is 0 Å². The minimum Gasteiger partial charge on any atom is -0.444 e. The summed E-state index contributed by atoms with van der Waals surface area (Å²) in [5.41, 5.74) is 3.88. The van der Waals surface area contributed by atoms with Crippen molar-refractivity contribution in [2.24, 2.45) is 0 Å². The maximum Gasteiger partial charge on any atom is 0.407 e. The van der Waals surface area contributed by atoms with E-state index >= 15 is 0 Å². The number of aromatic nitrogens is 2. The minimum atomic E-state index is -0.511. The number of ether oxygens (including phenoxy) is 1. The molecule has 0 aliphatic rings. The number of alkyl carbamates (subject to hydrolysis) is 1. The fourth-order valence-corrected chi connectivity index (χ4v) is 3.00. The van der Waals surface area contributed by atoms with E-state index in [0.717, 1.165) is 27.9 Å². The number of H-pyrrole nitrogens is 2. The van der Waals surface area contributed by atoms with Crippen LogP contribution in [0.3, 0.4) is 0 Å². The van der Waals surface area contributed by atoms with Gasteiger partial charge in [0.15, 0.2) is 0 Å². The number of rotatable bonds is 4. The van der Waals surface area contributed by atoms with E-state index in [-0.39, 0.29) is 5.92 Å². The SMILES string of the molecule is Cc1ccc([C@H](CNC(=O)OC(C)(C)C)c2c[nH]c3ccccc23)[nH]1. The van der Waals surface area contributed by atoms with E-state index in [0.29, 0.717) is 6.54 Å². The number of aryl methyl sites for hydroxylation is 1. The molecule has 0 spiro atoms. The van der Waals surface area contributed by atoms with Crippen LogP contribution in [0.1, 0.15) is 43.6 Å². The highest BCUT2D eigenvalue weighted by Gasteiger charge is 2.22. The van der Waals surface area contributed by atoms with Crippen LogP contribution in [0.4, 0.5) is 4.79 Å². The van der Waals surface area contributed by atoms with Crippen molar-refractivity contribution in [1.29, 1.82) is 0 Å². The van der Waals surface area contributed by atoms with Gasteiger partial charge in [-0.05, 0) is 51.5 Å². The average Bonchev–Trinajstić information content (AvgIpc) is 3.13. The average molecular weight is 339 g/mol. The maximum absolute atomic E-state index is 12.1. The fraction of sp³-hybridized carbons (Fsp3) is 0.350. The Morgan fingerprint density at radius 3 is 2.64 bits per heavy atom. The fourth-order valence-electron chi connectivity index (χ4n) is 3.00. The molecule has 3 N–H and O–H groups in total. The lowest BCUT2D eigenvalue weighted by Crippen LogP contribution is -2.35. The third kappa shape index (κ3) is 4.05. The van der Waals surface area contributed by atoms with Gasteiger partial charge < -0.3 is 20.0 Å². The first-order valence-corrected chi connectivity index (χ1v) is 8.52. The van der Waals surface area contributed by atoms with Crippen LogP contribution in [-0.2, 0) is 4.74 Å². The number of fused-ring (bicyclic) bond motifs is 1. The molecular formula is C20H25N3O2. The molecule has 3 rings (SSSR count). The van der Waals surface area contributed by atoms with Crippen molar-refractivity contribution in [3.8, 4) is 0 Å². The van der Waals surface area contributed by atoms with Crippen molar-refractivity contribution in [1.82, 2.24) is 15.3 Å². The van der Waals surface area contributed by atoms with Crippen LogP contribution in [0.15, 0.2) is 42.6 Å². The number of carbonyl (C=O) groups is 1. The molecule has 0 unspecified atom stereocenters. The number of nitrogens with one attached hydrogen (secondary N) is 3. The Hall–Kier alpha value is -2.69. The van der Waals surface area contributed by atoms with Gasteiger partial charge in [0.2, 0.25) is 0 Å². The summed E-state index contributed by atoms with van der Waals surface area (Å²) in [4.78, 5) is 18.8. The lowest BCUT2D eigenvalue weighted by atomic mass is 9.95. The van der Waals surface area contributed by atoms with Crippen LogP contribution < -0.4 is 5.32 Å². The summed E-state index contributed by atoms with van der Waals surface area (Å²) in [5.74, 6) is 0.0115. The summed E-state index contributed by atoms with van der Waals surface area (Å²) in [6.45, 7) is 8.06. The highest BCUT2D eigenvalue weighted by molar-refractivity contribution is 5.84. The van der Waals surface area contributed by atoms with E-state index < -0.39 is 11.7 Å². The molecule has 0 radical (unpaired) electrons. The molecule has 132 valence electrons. The van der Waals surface area contributed by atoms with Gasteiger partial charge in [0, 0.05) is 41.0 Å². The molecule has 0 fully saturated rings. The van der Waals surface area contributed by atoms with Gasteiger partial charge in [0.25, 0.3) is 0 Å². The van der Waals surface area contributed by atoms with Crippen LogP contribution in [0.25, 0.3) is 10.9 Å². The van der Waals surface area contributed by atoms with E-state index in [1.54, 1.807) is 0 Å². The standard InChI is InChI=1S/C20H25N3O2/c1-13-9-10-18(23-13)16(12-22-19(24)25-20(2,3)4)15-11-21-17-8-6-5-7-14(15)17/h5-11,16,21,23H,12H2,1-4H3,(H,22,24)/t16-/m1/s1. The Morgan fingerprint density at radius 2 is 1.96 bits per heavy atom. The number of amides is 1.